The van der Waals surface area contributed by atoms with Crippen LogP contribution in [0.1, 0.15) is 76.6 Å². The summed E-state index contributed by atoms with van der Waals surface area (Å²) in [5.41, 5.74) is 1.01. The summed E-state index contributed by atoms with van der Waals surface area (Å²) in [5, 5.41) is 23.5. The number of aliphatic hydroxyl groups excluding tert-OH is 1. The Balaban J connectivity index is 1.87. The van der Waals surface area contributed by atoms with Gasteiger partial charge in [-0.1, -0.05) is 74.5 Å². The van der Waals surface area contributed by atoms with Crippen LogP contribution in [0.4, 0.5) is 0 Å². The molecule has 1 fully saturated rings. The lowest BCUT2D eigenvalue weighted by Gasteiger charge is -2.32. The minimum absolute atomic E-state index is 0.0126. The molecule has 3 aromatic carbocycles. The number of nitrogens with one attached hydrogen (secondary N) is 2. The van der Waals surface area contributed by atoms with Crippen molar-refractivity contribution in [3.63, 3.8) is 0 Å². The first kappa shape index (κ1) is 32.8. The topological polar surface area (TPSA) is 110 Å². The van der Waals surface area contributed by atoms with Crippen LogP contribution in [0.5, 0.6) is 11.5 Å². The summed E-state index contributed by atoms with van der Waals surface area (Å²) in [5.74, 6) is -0.0312. The van der Waals surface area contributed by atoms with Gasteiger partial charge in [0.2, 0.25) is 0 Å². The molecule has 4 rings (SSSR count). The highest BCUT2D eigenvalue weighted by molar-refractivity contribution is 6.71. The first-order valence-electron chi connectivity index (χ1n) is 15.0. The highest BCUT2D eigenvalue weighted by Gasteiger charge is 2.54. The number of carbonyl (C=O) groups is 1. The fourth-order valence-electron chi connectivity index (χ4n) is 4.75. The van der Waals surface area contributed by atoms with Gasteiger partial charge in [0.15, 0.2) is 0 Å². The van der Waals surface area contributed by atoms with E-state index < -0.39 is 29.9 Å². The van der Waals surface area contributed by atoms with Crippen molar-refractivity contribution in [2.24, 2.45) is 0 Å². The SMILES string of the molecule is CCNC(=O)C(=N)/C(B1OC(C)(C)C(C)(C)O1)=C(\O)c1cc(C(C)C)c(OCc2ccccc2)cc1OCc1ccccc1. The lowest BCUT2D eigenvalue weighted by atomic mass is 9.72. The van der Waals surface area contributed by atoms with Gasteiger partial charge in [0.05, 0.1) is 22.2 Å². The van der Waals surface area contributed by atoms with Crippen LogP contribution in [0.2, 0.25) is 0 Å². The summed E-state index contributed by atoms with van der Waals surface area (Å²) in [6.45, 7) is 14.2. The molecule has 0 spiro atoms. The zero-order valence-electron chi connectivity index (χ0n) is 26.7. The summed E-state index contributed by atoms with van der Waals surface area (Å²) >= 11 is 0. The van der Waals surface area contributed by atoms with E-state index >= 15 is 0 Å². The molecule has 0 bridgehead atoms. The van der Waals surface area contributed by atoms with Gasteiger partial charge >= 0.3 is 7.12 Å². The second kappa shape index (κ2) is 13.7. The average molecular weight is 599 g/mol. The van der Waals surface area contributed by atoms with E-state index in [0.717, 1.165) is 16.7 Å². The first-order chi connectivity index (χ1) is 20.8. The molecular weight excluding hydrogens is 555 g/mol. The van der Waals surface area contributed by atoms with Gasteiger partial charge < -0.3 is 29.2 Å². The number of rotatable bonds is 12. The minimum atomic E-state index is -1.17. The monoisotopic (exact) mass is 598 g/mol. The van der Waals surface area contributed by atoms with E-state index in [0.29, 0.717) is 30.2 Å². The molecular formula is C35H43BN2O6. The molecule has 0 atom stereocenters. The smallest absolute Gasteiger partial charge is 0.501 e. The van der Waals surface area contributed by atoms with Gasteiger partial charge in [-0.2, -0.15) is 0 Å². The van der Waals surface area contributed by atoms with Gasteiger partial charge in [-0.15, -0.1) is 0 Å². The second-order valence-corrected chi connectivity index (χ2v) is 12.2. The van der Waals surface area contributed by atoms with Crippen molar-refractivity contribution >= 4 is 24.5 Å². The summed E-state index contributed by atoms with van der Waals surface area (Å²) in [6, 6.07) is 23.1. The predicted octanol–water partition coefficient (Wildman–Crippen LogP) is 7.02. The molecule has 3 N–H and O–H groups in total. The van der Waals surface area contributed by atoms with Gasteiger partial charge in [-0.3, -0.25) is 10.2 Å². The van der Waals surface area contributed by atoms with Crippen LogP contribution in [0.25, 0.3) is 5.76 Å². The van der Waals surface area contributed by atoms with Gasteiger partial charge in [0, 0.05) is 12.6 Å². The zero-order valence-corrected chi connectivity index (χ0v) is 26.7. The molecule has 1 saturated heterocycles. The van der Waals surface area contributed by atoms with Crippen LogP contribution in [-0.4, -0.2) is 41.6 Å². The maximum absolute atomic E-state index is 13.0. The van der Waals surface area contributed by atoms with Crippen LogP contribution in [0.15, 0.2) is 78.3 Å². The standard InChI is InChI=1S/C35H43BN2O6/c1-8-38-33(40)31(37)30(36-43-34(4,5)35(6,7)44-36)32(39)27-19-26(23(2)3)28(41-21-24-15-11-9-12-16-24)20-29(27)42-22-25-17-13-10-14-18-25/h9-20,23,37,39H,8,21-22H2,1-7H3,(H,38,40)/b32-30+,37-31?. The number of amides is 1. The predicted molar refractivity (Wildman–Crippen MR) is 174 cm³/mol. The number of benzene rings is 3. The van der Waals surface area contributed by atoms with E-state index in [1.807, 2.05) is 102 Å². The van der Waals surface area contributed by atoms with Gasteiger partial charge in [-0.05, 0) is 63.3 Å². The molecule has 9 heteroatoms. The minimum Gasteiger partial charge on any atom is -0.507 e. The molecule has 1 heterocycles. The highest BCUT2D eigenvalue weighted by atomic mass is 16.7. The van der Waals surface area contributed by atoms with Gasteiger partial charge in [0.1, 0.15) is 36.2 Å². The van der Waals surface area contributed by atoms with Crippen molar-refractivity contribution in [3.05, 3.63) is 101 Å². The zero-order chi connectivity index (χ0) is 32.1. The summed E-state index contributed by atoms with van der Waals surface area (Å²) in [6.07, 6.45) is 0. The maximum Gasteiger partial charge on any atom is 0.501 e. The lowest BCUT2D eigenvalue weighted by Crippen LogP contribution is -2.41. The van der Waals surface area contributed by atoms with Crippen LogP contribution >= 0.6 is 0 Å². The third kappa shape index (κ3) is 7.34. The first-order valence-corrected chi connectivity index (χ1v) is 15.0. The second-order valence-electron chi connectivity index (χ2n) is 12.2. The molecule has 1 amide bonds. The molecule has 0 aromatic heterocycles. The Morgan fingerprint density at radius 1 is 0.886 bits per heavy atom. The van der Waals surface area contributed by atoms with E-state index in [4.69, 9.17) is 24.2 Å². The van der Waals surface area contributed by atoms with E-state index in [2.05, 4.69) is 5.32 Å². The molecule has 1 aliphatic rings. The summed E-state index contributed by atoms with van der Waals surface area (Å²) in [4.78, 5) is 13.0. The van der Waals surface area contributed by atoms with Crippen LogP contribution < -0.4 is 14.8 Å². The largest absolute Gasteiger partial charge is 0.507 e. The molecule has 0 radical (unpaired) electrons. The fourth-order valence-corrected chi connectivity index (χ4v) is 4.75. The van der Waals surface area contributed by atoms with Crippen LogP contribution in [0.3, 0.4) is 0 Å². The molecule has 0 saturated carbocycles. The third-order valence-corrected chi connectivity index (χ3v) is 8.04. The molecule has 3 aromatic rings. The quantitative estimate of drug-likeness (QED) is 0.117. The van der Waals surface area contributed by atoms with E-state index in [1.54, 1.807) is 19.1 Å². The van der Waals surface area contributed by atoms with Crippen LogP contribution in [-0.2, 0) is 27.3 Å². The maximum atomic E-state index is 13.0. The normalized spacial score (nSPS) is 16.0. The Kier molecular flexibility index (Phi) is 10.2. The van der Waals surface area contributed by atoms with Crippen molar-refractivity contribution in [3.8, 4) is 11.5 Å². The Morgan fingerprint density at radius 3 is 1.86 bits per heavy atom. The summed E-state index contributed by atoms with van der Waals surface area (Å²) < 4.78 is 25.1. The molecule has 0 unspecified atom stereocenters. The Hall–Kier alpha value is -4.08. The molecule has 232 valence electrons. The Morgan fingerprint density at radius 2 is 1.39 bits per heavy atom. The van der Waals surface area contributed by atoms with E-state index in [-0.39, 0.29) is 23.8 Å². The Labute approximate surface area is 261 Å². The van der Waals surface area contributed by atoms with Crippen molar-refractivity contribution in [2.45, 2.75) is 78.8 Å². The van der Waals surface area contributed by atoms with Crippen molar-refractivity contribution in [1.82, 2.24) is 5.32 Å². The lowest BCUT2D eigenvalue weighted by molar-refractivity contribution is -0.114. The van der Waals surface area contributed by atoms with E-state index in [1.165, 1.54) is 0 Å². The molecule has 1 aliphatic heterocycles. The molecule has 8 nitrogen and oxygen atoms in total. The fraction of sp³-hybridized carbons (Fsp3) is 0.371. The van der Waals surface area contributed by atoms with Crippen molar-refractivity contribution < 1.29 is 28.7 Å². The van der Waals surface area contributed by atoms with Crippen LogP contribution in [0, 0.1) is 5.41 Å². The summed E-state index contributed by atoms with van der Waals surface area (Å²) in [7, 11) is -1.17. The average Bonchev–Trinajstić information content (AvgIpc) is 3.21. The number of hydrogen-bond acceptors (Lipinski definition) is 7. The number of aliphatic hydroxyl groups is 1. The van der Waals surface area contributed by atoms with E-state index in [9.17, 15) is 9.90 Å². The molecule has 44 heavy (non-hydrogen) atoms. The van der Waals surface area contributed by atoms with Crippen molar-refractivity contribution in [1.29, 1.82) is 5.41 Å². The number of ether oxygens (including phenoxy) is 2. The molecule has 0 aliphatic carbocycles. The highest BCUT2D eigenvalue weighted by Crippen LogP contribution is 2.42. The number of hydrogen-bond donors (Lipinski definition) is 3. The van der Waals surface area contributed by atoms with Gasteiger partial charge in [0.25, 0.3) is 5.91 Å². The van der Waals surface area contributed by atoms with Crippen molar-refractivity contribution in [2.75, 3.05) is 6.54 Å². The number of carbonyl (C=O) groups excluding carboxylic acids is 1. The van der Waals surface area contributed by atoms with Gasteiger partial charge in [-0.25, -0.2) is 0 Å². The third-order valence-electron chi connectivity index (χ3n) is 8.04. The Bertz CT molecular complexity index is 1490.